The van der Waals surface area contributed by atoms with E-state index in [1.165, 1.54) is 44.9 Å². The highest BCUT2D eigenvalue weighted by Crippen LogP contribution is 2.15. The SMILES string of the molecule is CCCCCCCC(NCC)C(C)CC. The van der Waals surface area contributed by atoms with Gasteiger partial charge in [-0.3, -0.25) is 0 Å². The van der Waals surface area contributed by atoms with Crippen LogP contribution >= 0.6 is 0 Å². The van der Waals surface area contributed by atoms with Gasteiger partial charge in [-0.1, -0.05) is 66.2 Å². The van der Waals surface area contributed by atoms with Gasteiger partial charge in [0.15, 0.2) is 0 Å². The lowest BCUT2D eigenvalue weighted by Crippen LogP contribution is -2.34. The molecule has 0 aromatic carbocycles. The molecule has 0 rings (SSSR count). The van der Waals surface area contributed by atoms with Crippen molar-refractivity contribution >= 4 is 0 Å². The normalized spacial score (nSPS) is 15.2. The topological polar surface area (TPSA) is 12.0 Å². The van der Waals surface area contributed by atoms with E-state index in [0.717, 1.165) is 18.5 Å². The van der Waals surface area contributed by atoms with Gasteiger partial charge in [-0.05, 0) is 18.9 Å². The van der Waals surface area contributed by atoms with Crippen LogP contribution in [0.2, 0.25) is 0 Å². The van der Waals surface area contributed by atoms with Gasteiger partial charge >= 0.3 is 0 Å². The van der Waals surface area contributed by atoms with Crippen molar-refractivity contribution in [3.05, 3.63) is 0 Å². The maximum Gasteiger partial charge on any atom is 0.00924 e. The molecule has 2 unspecified atom stereocenters. The van der Waals surface area contributed by atoms with Crippen LogP contribution in [-0.4, -0.2) is 12.6 Å². The zero-order valence-electron chi connectivity index (χ0n) is 11.3. The Hall–Kier alpha value is -0.0400. The van der Waals surface area contributed by atoms with Crippen LogP contribution in [0, 0.1) is 5.92 Å². The summed E-state index contributed by atoms with van der Waals surface area (Å²) in [6.45, 7) is 10.3. The molecule has 0 aliphatic carbocycles. The molecule has 0 bridgehead atoms. The molecule has 0 spiro atoms. The Labute approximate surface area is 97.0 Å². The monoisotopic (exact) mass is 213 g/mol. The zero-order chi connectivity index (χ0) is 11.5. The van der Waals surface area contributed by atoms with Crippen molar-refractivity contribution < 1.29 is 0 Å². The highest BCUT2D eigenvalue weighted by molar-refractivity contribution is 4.71. The fourth-order valence-corrected chi connectivity index (χ4v) is 2.10. The molecule has 0 aromatic heterocycles. The Kier molecular flexibility index (Phi) is 10.4. The average molecular weight is 213 g/mol. The lowest BCUT2D eigenvalue weighted by Gasteiger charge is -2.23. The Morgan fingerprint density at radius 1 is 0.933 bits per heavy atom. The third-order valence-corrected chi connectivity index (χ3v) is 3.42. The molecule has 15 heavy (non-hydrogen) atoms. The molecular weight excluding hydrogens is 182 g/mol. The second-order valence-electron chi connectivity index (χ2n) is 4.75. The summed E-state index contributed by atoms with van der Waals surface area (Å²) in [5, 5.41) is 3.62. The van der Waals surface area contributed by atoms with Gasteiger partial charge in [0, 0.05) is 6.04 Å². The third-order valence-electron chi connectivity index (χ3n) is 3.42. The second kappa shape index (κ2) is 10.5. The zero-order valence-corrected chi connectivity index (χ0v) is 11.3. The molecule has 92 valence electrons. The number of rotatable bonds is 10. The summed E-state index contributed by atoms with van der Waals surface area (Å²) in [6, 6.07) is 0.752. The predicted molar refractivity (Wildman–Crippen MR) is 70.3 cm³/mol. The molecule has 0 heterocycles. The van der Waals surface area contributed by atoms with Gasteiger partial charge in [-0.15, -0.1) is 0 Å². The van der Waals surface area contributed by atoms with Crippen molar-refractivity contribution in [3.63, 3.8) is 0 Å². The lowest BCUT2D eigenvalue weighted by molar-refractivity contribution is 0.343. The maximum absolute atomic E-state index is 3.62. The maximum atomic E-state index is 3.62. The first-order valence-electron chi connectivity index (χ1n) is 6.99. The van der Waals surface area contributed by atoms with E-state index in [1.54, 1.807) is 0 Å². The fraction of sp³-hybridized carbons (Fsp3) is 1.00. The highest BCUT2D eigenvalue weighted by atomic mass is 14.9. The van der Waals surface area contributed by atoms with E-state index in [2.05, 4.69) is 33.0 Å². The molecule has 0 aliphatic heterocycles. The van der Waals surface area contributed by atoms with Crippen LogP contribution in [0.1, 0.15) is 72.6 Å². The summed E-state index contributed by atoms with van der Waals surface area (Å²) < 4.78 is 0. The molecule has 0 radical (unpaired) electrons. The number of hydrogen-bond acceptors (Lipinski definition) is 1. The van der Waals surface area contributed by atoms with Crippen LogP contribution < -0.4 is 5.32 Å². The van der Waals surface area contributed by atoms with Crippen molar-refractivity contribution in [1.82, 2.24) is 5.32 Å². The summed E-state index contributed by atoms with van der Waals surface area (Å²) >= 11 is 0. The smallest absolute Gasteiger partial charge is 0.00924 e. The molecule has 2 atom stereocenters. The van der Waals surface area contributed by atoms with Crippen LogP contribution in [0.5, 0.6) is 0 Å². The molecule has 1 N–H and O–H groups in total. The molecule has 0 saturated heterocycles. The molecular formula is C14H31N. The fourth-order valence-electron chi connectivity index (χ4n) is 2.10. The van der Waals surface area contributed by atoms with Gasteiger partial charge in [0.1, 0.15) is 0 Å². The molecule has 0 aromatic rings. The molecule has 1 heteroatoms. The Bertz CT molecular complexity index is 123. The van der Waals surface area contributed by atoms with Crippen LogP contribution in [0.25, 0.3) is 0 Å². The molecule has 1 nitrogen and oxygen atoms in total. The highest BCUT2D eigenvalue weighted by Gasteiger charge is 2.13. The Morgan fingerprint density at radius 2 is 1.60 bits per heavy atom. The van der Waals surface area contributed by atoms with Crippen LogP contribution in [-0.2, 0) is 0 Å². The van der Waals surface area contributed by atoms with Crippen LogP contribution in [0.4, 0.5) is 0 Å². The largest absolute Gasteiger partial charge is 0.314 e. The van der Waals surface area contributed by atoms with E-state index < -0.39 is 0 Å². The molecule has 0 fully saturated rings. The second-order valence-corrected chi connectivity index (χ2v) is 4.75. The Balaban J connectivity index is 3.56. The van der Waals surface area contributed by atoms with E-state index in [4.69, 9.17) is 0 Å². The summed E-state index contributed by atoms with van der Waals surface area (Å²) in [5.74, 6) is 0.830. The predicted octanol–water partition coefficient (Wildman–Crippen LogP) is 4.37. The third kappa shape index (κ3) is 7.84. The first-order chi connectivity index (χ1) is 7.26. The summed E-state index contributed by atoms with van der Waals surface area (Å²) in [5.41, 5.74) is 0. The standard InChI is InChI=1S/C14H31N/c1-5-8-9-10-11-12-14(15-7-3)13(4)6-2/h13-15H,5-12H2,1-4H3. The first-order valence-corrected chi connectivity index (χ1v) is 6.99. The number of hydrogen-bond donors (Lipinski definition) is 1. The van der Waals surface area contributed by atoms with Crippen molar-refractivity contribution in [3.8, 4) is 0 Å². The van der Waals surface area contributed by atoms with Gasteiger partial charge in [0.05, 0.1) is 0 Å². The lowest BCUT2D eigenvalue weighted by atomic mass is 9.94. The minimum absolute atomic E-state index is 0.752. The van der Waals surface area contributed by atoms with Crippen molar-refractivity contribution in [2.75, 3.05) is 6.54 Å². The first kappa shape index (κ1) is 15.0. The van der Waals surface area contributed by atoms with Crippen LogP contribution in [0.15, 0.2) is 0 Å². The van der Waals surface area contributed by atoms with Crippen molar-refractivity contribution in [2.45, 2.75) is 78.7 Å². The van der Waals surface area contributed by atoms with E-state index in [1.807, 2.05) is 0 Å². The summed E-state index contributed by atoms with van der Waals surface area (Å²) in [4.78, 5) is 0. The average Bonchev–Trinajstić information content (AvgIpc) is 2.26. The summed E-state index contributed by atoms with van der Waals surface area (Å²) in [7, 11) is 0. The minimum atomic E-state index is 0.752. The number of unbranched alkanes of at least 4 members (excludes halogenated alkanes) is 4. The number of nitrogens with one attached hydrogen (secondary N) is 1. The van der Waals surface area contributed by atoms with Gasteiger partial charge in [0.25, 0.3) is 0 Å². The van der Waals surface area contributed by atoms with E-state index in [0.29, 0.717) is 0 Å². The van der Waals surface area contributed by atoms with Crippen LogP contribution in [0.3, 0.4) is 0 Å². The van der Waals surface area contributed by atoms with E-state index in [9.17, 15) is 0 Å². The summed E-state index contributed by atoms with van der Waals surface area (Å²) in [6.07, 6.45) is 9.68. The van der Waals surface area contributed by atoms with Gasteiger partial charge in [-0.2, -0.15) is 0 Å². The van der Waals surface area contributed by atoms with Gasteiger partial charge in [-0.25, -0.2) is 0 Å². The molecule has 0 saturated carbocycles. The Morgan fingerprint density at radius 3 is 2.13 bits per heavy atom. The van der Waals surface area contributed by atoms with Crippen molar-refractivity contribution in [1.29, 1.82) is 0 Å². The van der Waals surface area contributed by atoms with Crippen molar-refractivity contribution in [2.24, 2.45) is 5.92 Å². The van der Waals surface area contributed by atoms with Gasteiger partial charge < -0.3 is 5.32 Å². The molecule has 0 amide bonds. The minimum Gasteiger partial charge on any atom is -0.314 e. The quantitative estimate of drug-likeness (QED) is 0.531. The van der Waals surface area contributed by atoms with E-state index in [-0.39, 0.29) is 0 Å². The van der Waals surface area contributed by atoms with E-state index >= 15 is 0 Å². The van der Waals surface area contributed by atoms with Gasteiger partial charge in [0.2, 0.25) is 0 Å². The molecule has 0 aliphatic rings.